The lowest BCUT2D eigenvalue weighted by atomic mass is 9.26. The Hall–Kier alpha value is -1.66. The summed E-state index contributed by atoms with van der Waals surface area (Å²) in [6, 6.07) is 8.10. The summed E-state index contributed by atoms with van der Waals surface area (Å²) in [7, 11) is 1.61. The molecule has 1 heterocycles. The fourth-order valence-electron chi connectivity index (χ4n) is 6.31. The van der Waals surface area contributed by atoms with Crippen molar-refractivity contribution in [1.82, 2.24) is 0 Å². The normalized spacial score (nSPS) is 20.8. The fourth-order valence-corrected chi connectivity index (χ4v) is 8.18. The van der Waals surface area contributed by atoms with Crippen LogP contribution in [0.15, 0.2) is 39.3 Å². The van der Waals surface area contributed by atoms with Crippen molar-refractivity contribution in [3.05, 3.63) is 83.3 Å². The van der Waals surface area contributed by atoms with Gasteiger partial charge in [-0.25, -0.2) is 0 Å². The third-order valence-electron chi connectivity index (χ3n) is 8.66. The molecule has 0 radical (unpaired) electrons. The quantitative estimate of drug-likeness (QED) is 0.333. The average Bonchev–Trinajstić information content (AvgIpc) is 2.86. The van der Waals surface area contributed by atoms with Crippen LogP contribution in [0.3, 0.4) is 0 Å². The van der Waals surface area contributed by atoms with Gasteiger partial charge in [-0.1, -0.05) is 67.7 Å². The van der Waals surface area contributed by atoms with Crippen LogP contribution in [-0.2, 0) is 5.31 Å². The Balaban J connectivity index is 1.79. The molecule has 2 unspecified atom stereocenters. The molecule has 5 rings (SSSR count). The molecule has 0 fully saturated rings. The highest BCUT2D eigenvalue weighted by molar-refractivity contribution is 9.10. The molecule has 3 aromatic carbocycles. The Morgan fingerprint density at radius 1 is 1.00 bits per heavy atom. The molecule has 2 atom stereocenters. The van der Waals surface area contributed by atoms with E-state index in [0.29, 0.717) is 22.9 Å². The topological polar surface area (TPSA) is 60.7 Å². The van der Waals surface area contributed by atoms with Crippen molar-refractivity contribution < 1.29 is 15.2 Å². The van der Waals surface area contributed by atoms with E-state index in [-0.39, 0.29) is 22.4 Å². The molecule has 0 amide bonds. The zero-order chi connectivity index (χ0) is 26.3. The van der Waals surface area contributed by atoms with Gasteiger partial charge in [0.05, 0.1) is 5.02 Å². The summed E-state index contributed by atoms with van der Waals surface area (Å²) in [6.45, 7) is 7.70. The van der Waals surface area contributed by atoms with Gasteiger partial charge in [0.15, 0.2) is 0 Å². The van der Waals surface area contributed by atoms with E-state index in [1.807, 2.05) is 18.2 Å². The number of hydrogen-bond acceptors (Lipinski definition) is 3. The van der Waals surface area contributed by atoms with Crippen LogP contribution in [0.25, 0.3) is 5.57 Å². The number of phenolic OH excluding ortho intramolecular Hbond substituents is 2. The van der Waals surface area contributed by atoms with Gasteiger partial charge in [0.25, 0.3) is 0 Å². The molecule has 0 saturated heterocycles. The van der Waals surface area contributed by atoms with E-state index in [9.17, 15) is 15.2 Å². The second kappa shape index (κ2) is 8.97. The lowest BCUT2D eigenvalue weighted by Crippen LogP contribution is -2.65. The first kappa shape index (κ1) is 26.0. The summed E-state index contributed by atoms with van der Waals surface area (Å²) in [6.07, 6.45) is 3.52. The molecule has 0 bridgehead atoms. The minimum Gasteiger partial charge on any atom is -0.509 e. The highest BCUT2D eigenvalue weighted by atomic mass is 79.9. The summed E-state index contributed by atoms with van der Waals surface area (Å²) in [5.74, 6) is -0.132. The molecule has 1 spiro atoms. The van der Waals surface area contributed by atoms with Crippen molar-refractivity contribution in [3.63, 3.8) is 0 Å². The Morgan fingerprint density at radius 2 is 1.64 bits per heavy atom. The Labute approximate surface area is 235 Å². The zero-order valence-electron chi connectivity index (χ0n) is 20.9. The van der Waals surface area contributed by atoms with Crippen molar-refractivity contribution in [2.24, 2.45) is 0 Å². The van der Waals surface area contributed by atoms with Crippen LogP contribution < -0.4 is 10.9 Å². The lowest BCUT2D eigenvalue weighted by molar-refractivity contribution is 0.424. The van der Waals surface area contributed by atoms with Gasteiger partial charge >= 0.3 is 6.92 Å². The van der Waals surface area contributed by atoms with Crippen molar-refractivity contribution in [1.29, 1.82) is 0 Å². The average molecular weight is 628 g/mol. The van der Waals surface area contributed by atoms with Crippen molar-refractivity contribution in [2.45, 2.75) is 51.8 Å². The summed E-state index contributed by atoms with van der Waals surface area (Å²) >= 11 is 14.4. The first-order valence-electron chi connectivity index (χ1n) is 12.1. The maximum Gasteiger partial charge on any atom is 0.343 e. The number of benzene rings is 3. The van der Waals surface area contributed by atoms with E-state index in [1.165, 1.54) is 27.8 Å². The molecule has 3 aromatic rings. The number of allylic oxidation sites excluding steroid dienone is 2. The minimum absolute atomic E-state index is 0.0777. The maximum absolute atomic E-state index is 11.6. The Kier molecular flexibility index (Phi) is 6.47. The van der Waals surface area contributed by atoms with Crippen LogP contribution in [0.2, 0.25) is 5.02 Å². The summed E-state index contributed by atoms with van der Waals surface area (Å²) in [5, 5.41) is 32.5. The molecular formula is C28H27B2Br2ClO3. The van der Waals surface area contributed by atoms with Crippen LogP contribution in [0.1, 0.15) is 57.7 Å². The molecule has 1 aliphatic carbocycles. The zero-order valence-corrected chi connectivity index (χ0v) is 24.9. The predicted octanol–water partition coefficient (Wildman–Crippen LogP) is 5.41. The van der Waals surface area contributed by atoms with E-state index in [2.05, 4.69) is 71.7 Å². The van der Waals surface area contributed by atoms with E-state index in [4.69, 9.17) is 11.6 Å². The largest absolute Gasteiger partial charge is 0.509 e. The molecule has 8 heteroatoms. The number of hydrogen-bond donors (Lipinski definition) is 3. The van der Waals surface area contributed by atoms with Gasteiger partial charge in [-0.05, 0) is 108 Å². The second-order valence-corrected chi connectivity index (χ2v) is 12.4. The van der Waals surface area contributed by atoms with Gasteiger partial charge in [0.2, 0.25) is 0 Å². The molecule has 2 aliphatic rings. The van der Waals surface area contributed by atoms with Gasteiger partial charge in [-0.3, -0.25) is 0 Å². The summed E-state index contributed by atoms with van der Waals surface area (Å²) < 4.78 is 2.08. The van der Waals surface area contributed by atoms with Crippen molar-refractivity contribution >= 4 is 74.7 Å². The first-order chi connectivity index (χ1) is 16.9. The number of aromatic hydroxyl groups is 2. The number of fused-ring (bicyclic) bond motifs is 2. The molecule has 36 heavy (non-hydrogen) atoms. The Bertz CT molecular complexity index is 1460. The van der Waals surface area contributed by atoms with Crippen molar-refractivity contribution in [3.8, 4) is 11.5 Å². The number of halogens is 3. The van der Waals surface area contributed by atoms with Crippen LogP contribution in [0.4, 0.5) is 0 Å². The van der Waals surface area contributed by atoms with Gasteiger partial charge in [-0.2, -0.15) is 0 Å². The molecule has 0 aromatic heterocycles. The molecule has 3 nitrogen and oxygen atoms in total. The molecule has 0 saturated carbocycles. The smallest absolute Gasteiger partial charge is 0.343 e. The number of rotatable bonds is 2. The third kappa shape index (κ3) is 3.49. The van der Waals surface area contributed by atoms with Crippen molar-refractivity contribution in [2.75, 3.05) is 0 Å². The molecule has 184 valence electrons. The van der Waals surface area contributed by atoms with E-state index < -0.39 is 12.2 Å². The van der Waals surface area contributed by atoms with Crippen LogP contribution in [0.5, 0.6) is 11.5 Å². The van der Waals surface area contributed by atoms with Crippen LogP contribution in [-0.4, -0.2) is 30.0 Å². The molecular weight excluding hydrogens is 601 g/mol. The minimum atomic E-state index is -0.934. The summed E-state index contributed by atoms with van der Waals surface area (Å²) in [5.41, 5.74) is 9.75. The highest BCUT2D eigenvalue weighted by Gasteiger charge is 2.59. The monoisotopic (exact) mass is 626 g/mol. The maximum atomic E-state index is 11.6. The molecule has 3 N–H and O–H groups in total. The van der Waals surface area contributed by atoms with E-state index in [1.54, 1.807) is 7.85 Å². The van der Waals surface area contributed by atoms with Crippen LogP contribution >= 0.6 is 43.5 Å². The SMILES string of the molecule is Bc1c(O)c(Cl)c2c(c1O)B(O)C21C=C(c2ccccc2Br)CC(c2c(C)c(C)c(C)c(C)c2Br)C1. The standard InChI is InChI=1S/C28H27B2Br2ClO3/c1-12-13(2)15(4)24(32)20(14(12)3)17-9-16(18-7-5-6-8-19(18)31)10-28(11-17)21-23(30(28)36)26(34)22(29)27(35)25(21)33/h5-8,10,17,34-36H,9,11,29H2,1-4H3. The second-order valence-electron chi connectivity index (χ2n) is 10.4. The van der Waals surface area contributed by atoms with Gasteiger partial charge in [0.1, 0.15) is 19.3 Å². The Morgan fingerprint density at radius 3 is 2.31 bits per heavy atom. The van der Waals surface area contributed by atoms with Gasteiger partial charge < -0.3 is 15.2 Å². The number of phenols is 2. The first-order valence-corrected chi connectivity index (χ1v) is 14.0. The van der Waals surface area contributed by atoms with E-state index >= 15 is 0 Å². The fraction of sp³-hybridized carbons (Fsp3) is 0.286. The third-order valence-corrected chi connectivity index (χ3v) is 10.7. The highest BCUT2D eigenvalue weighted by Crippen LogP contribution is 2.56. The van der Waals surface area contributed by atoms with Crippen LogP contribution in [0, 0.1) is 27.7 Å². The van der Waals surface area contributed by atoms with Gasteiger partial charge in [0, 0.05) is 14.3 Å². The van der Waals surface area contributed by atoms with E-state index in [0.717, 1.165) is 26.5 Å². The molecule has 1 aliphatic heterocycles. The lowest BCUT2D eigenvalue weighted by Gasteiger charge is -2.50. The summed E-state index contributed by atoms with van der Waals surface area (Å²) in [4.78, 5) is 0. The predicted molar refractivity (Wildman–Crippen MR) is 159 cm³/mol. The van der Waals surface area contributed by atoms with Gasteiger partial charge in [-0.15, -0.1) is 0 Å².